The predicted molar refractivity (Wildman–Crippen MR) is 111 cm³/mol. The van der Waals surface area contributed by atoms with Crippen LogP contribution in [0.3, 0.4) is 0 Å². The summed E-state index contributed by atoms with van der Waals surface area (Å²) in [6, 6.07) is 0.723. The molecule has 34 heavy (non-hydrogen) atoms. The number of allylic oxidation sites excluding steroid dienone is 2. The number of fused-ring (bicyclic) bond motifs is 3. The molecule has 0 saturated carbocycles. The third-order valence-electron chi connectivity index (χ3n) is 5.64. The smallest absolute Gasteiger partial charge is 0.398 e. The molecule has 0 atom stereocenters. The van der Waals surface area contributed by atoms with Gasteiger partial charge in [-0.2, -0.15) is 13.2 Å². The van der Waals surface area contributed by atoms with Crippen molar-refractivity contribution in [2.24, 2.45) is 4.99 Å². The van der Waals surface area contributed by atoms with Gasteiger partial charge in [-0.15, -0.1) is 0 Å². The molecule has 0 bridgehead atoms. The van der Waals surface area contributed by atoms with Crippen molar-refractivity contribution in [1.29, 1.82) is 5.41 Å². The lowest BCUT2D eigenvalue weighted by molar-refractivity contribution is -0.463. The van der Waals surface area contributed by atoms with Crippen LogP contribution in [0.25, 0.3) is 16.5 Å². The van der Waals surface area contributed by atoms with E-state index in [2.05, 4.69) is 9.98 Å². The van der Waals surface area contributed by atoms with Crippen molar-refractivity contribution in [2.45, 2.75) is 36.9 Å². The lowest BCUT2D eigenvalue weighted by atomic mass is 9.74. The summed E-state index contributed by atoms with van der Waals surface area (Å²) in [5.41, 5.74) is -0.816. The van der Waals surface area contributed by atoms with Crippen molar-refractivity contribution in [2.75, 3.05) is 12.8 Å². The number of alkyl halides is 3. The molecule has 0 saturated heterocycles. The molecule has 0 radical (unpaired) electrons. The molecule has 1 heterocycles. The number of hydrogen-bond acceptors (Lipinski definition) is 10. The van der Waals surface area contributed by atoms with Gasteiger partial charge in [-0.05, 0) is 18.6 Å². The topological polar surface area (TPSA) is 196 Å². The van der Waals surface area contributed by atoms with Crippen LogP contribution in [0.1, 0.15) is 29.3 Å². The first kappa shape index (κ1) is 25.6. The number of hydrogen-bond donors (Lipinski definition) is 8. The van der Waals surface area contributed by atoms with Crippen molar-refractivity contribution >= 4 is 34.1 Å². The Balaban J connectivity index is 2.67. The molecule has 2 aromatic rings. The van der Waals surface area contributed by atoms with Crippen LogP contribution in [0.5, 0.6) is 0 Å². The molecule has 0 unspecified atom stereocenters. The minimum Gasteiger partial charge on any atom is -0.398 e. The Kier molecular flexibility index (Phi) is 5.85. The zero-order valence-corrected chi connectivity index (χ0v) is 17.6. The molecule has 0 fully saturated rings. The van der Waals surface area contributed by atoms with E-state index < -0.39 is 74.8 Å². The summed E-state index contributed by atoms with van der Waals surface area (Å²) in [4.78, 5) is 6.98. The first-order valence-electron chi connectivity index (χ1n) is 9.48. The number of nitrogen functional groups attached to an aromatic ring is 1. The highest BCUT2D eigenvalue weighted by Crippen LogP contribution is 2.49. The summed E-state index contributed by atoms with van der Waals surface area (Å²) < 4.78 is 55.9. The Morgan fingerprint density at radius 1 is 1.21 bits per heavy atom. The maximum Gasteiger partial charge on any atom is 0.433 e. The highest BCUT2D eigenvalue weighted by Gasteiger charge is 2.67. The largest absolute Gasteiger partial charge is 0.433 e. The number of pyridine rings is 1. The number of aliphatic imine (C=N–C) groups is 1. The number of aromatic nitrogens is 1. The summed E-state index contributed by atoms with van der Waals surface area (Å²) in [6.45, 7) is 1.11. The van der Waals surface area contributed by atoms with E-state index in [0.29, 0.717) is 6.21 Å². The van der Waals surface area contributed by atoms with Crippen molar-refractivity contribution in [1.82, 2.24) is 4.98 Å². The van der Waals surface area contributed by atoms with Gasteiger partial charge in [0.2, 0.25) is 5.79 Å². The Labute approximate surface area is 188 Å². The van der Waals surface area contributed by atoms with Crippen LogP contribution in [0.15, 0.2) is 17.1 Å². The average Bonchev–Trinajstić information content (AvgIpc) is 2.69. The van der Waals surface area contributed by atoms with Crippen LogP contribution in [-0.2, 0) is 12.2 Å². The van der Waals surface area contributed by atoms with E-state index >= 15 is 0 Å². The van der Waals surface area contributed by atoms with Crippen LogP contribution in [0, 0.1) is 11.2 Å². The Morgan fingerprint density at radius 3 is 2.26 bits per heavy atom. The van der Waals surface area contributed by atoms with Crippen molar-refractivity contribution < 1.29 is 48.2 Å². The maximum atomic E-state index is 14.9. The molecule has 1 aliphatic carbocycles. The fourth-order valence-electron chi connectivity index (χ4n) is 4.04. The van der Waals surface area contributed by atoms with Gasteiger partial charge < -0.3 is 41.8 Å². The molecule has 10 nitrogen and oxygen atoms in total. The number of nitrogens with zero attached hydrogens (tertiary/aromatic N) is 2. The minimum absolute atomic E-state index is 0.288. The quantitative estimate of drug-likeness (QED) is 0.128. The van der Waals surface area contributed by atoms with Gasteiger partial charge in [0, 0.05) is 47.5 Å². The molecule has 3 rings (SSSR count). The Hall–Kier alpha value is -3.01. The Morgan fingerprint density at radius 2 is 1.79 bits per heavy atom. The molecule has 1 aliphatic rings. The van der Waals surface area contributed by atoms with E-state index in [1.807, 2.05) is 0 Å². The van der Waals surface area contributed by atoms with Gasteiger partial charge in [-0.1, -0.05) is 6.08 Å². The molecular weight excluding hydrogens is 468 g/mol. The third kappa shape index (κ3) is 3.38. The monoisotopic (exact) mass is 488 g/mol. The van der Waals surface area contributed by atoms with Gasteiger partial charge in [-0.25, -0.2) is 9.37 Å². The molecule has 9 N–H and O–H groups in total. The molecule has 1 aromatic carbocycles. The van der Waals surface area contributed by atoms with Crippen LogP contribution >= 0.6 is 0 Å². The first-order valence-corrected chi connectivity index (χ1v) is 9.48. The van der Waals surface area contributed by atoms with Gasteiger partial charge in [0.25, 0.3) is 11.6 Å². The predicted octanol–water partition coefficient (Wildman–Crippen LogP) is 0.0455. The minimum atomic E-state index is -5.10. The number of anilines is 1. The summed E-state index contributed by atoms with van der Waals surface area (Å²) in [7, 11) is 0.786. The fraction of sp³-hybridized carbons (Fsp3) is 0.350. The van der Waals surface area contributed by atoms with Crippen molar-refractivity contribution in [3.8, 4) is 0 Å². The van der Waals surface area contributed by atoms with E-state index in [9.17, 15) is 48.2 Å². The van der Waals surface area contributed by atoms with Crippen LogP contribution in [0.4, 0.5) is 23.2 Å². The molecule has 0 aliphatic heterocycles. The lowest BCUT2D eigenvalue weighted by Gasteiger charge is -2.48. The van der Waals surface area contributed by atoms with Gasteiger partial charge in [0.05, 0.1) is 5.69 Å². The van der Waals surface area contributed by atoms with E-state index in [4.69, 9.17) is 11.1 Å². The van der Waals surface area contributed by atoms with Gasteiger partial charge >= 0.3 is 6.18 Å². The van der Waals surface area contributed by atoms with Crippen LogP contribution < -0.4 is 5.73 Å². The molecule has 0 amide bonds. The summed E-state index contributed by atoms with van der Waals surface area (Å²) >= 11 is 0. The maximum absolute atomic E-state index is 14.9. The van der Waals surface area contributed by atoms with E-state index in [1.54, 1.807) is 0 Å². The second-order valence-electron chi connectivity index (χ2n) is 7.65. The average molecular weight is 488 g/mol. The fourth-order valence-corrected chi connectivity index (χ4v) is 4.04. The number of rotatable bonds is 3. The molecule has 184 valence electrons. The van der Waals surface area contributed by atoms with E-state index in [1.165, 1.54) is 0 Å². The van der Waals surface area contributed by atoms with Gasteiger partial charge in [0.1, 0.15) is 11.2 Å². The van der Waals surface area contributed by atoms with E-state index in [-0.39, 0.29) is 11.3 Å². The van der Waals surface area contributed by atoms with Crippen LogP contribution in [-0.4, -0.2) is 72.3 Å². The second-order valence-corrected chi connectivity index (χ2v) is 7.65. The SMILES string of the molecule is C/C=C(/C(=NC)C(F)(F)F)c1nc2c(F)cc(N)c(C=N)c2c2c1C(O)(O)C(O)(O)C(O)(O)C2. The number of nitrogens with one attached hydrogen (secondary N) is 1. The molecule has 1 aromatic heterocycles. The normalized spacial score (nSPS) is 19.8. The molecular formula is C20H20F4N4O6. The van der Waals surface area contributed by atoms with Crippen molar-refractivity contribution in [3.05, 3.63) is 40.3 Å². The zero-order chi connectivity index (χ0) is 26.0. The zero-order valence-electron chi connectivity index (χ0n) is 17.6. The lowest BCUT2D eigenvalue weighted by Crippen LogP contribution is -2.70. The van der Waals surface area contributed by atoms with E-state index in [0.717, 1.165) is 26.1 Å². The number of benzene rings is 1. The molecule has 14 heteroatoms. The Bertz CT molecular complexity index is 1270. The number of aliphatic hydroxyl groups is 6. The van der Waals surface area contributed by atoms with Crippen molar-refractivity contribution in [3.63, 3.8) is 0 Å². The summed E-state index contributed by atoms with van der Waals surface area (Å²) in [5, 5.41) is 69.5. The number of halogens is 4. The third-order valence-corrected chi connectivity index (χ3v) is 5.64. The highest BCUT2D eigenvalue weighted by atomic mass is 19.4. The second kappa shape index (κ2) is 7.76. The summed E-state index contributed by atoms with van der Waals surface area (Å²) in [5.74, 6) is -13.1. The van der Waals surface area contributed by atoms with Gasteiger partial charge in [0.15, 0.2) is 5.82 Å². The number of nitrogens with two attached hydrogens (primary N) is 1. The van der Waals surface area contributed by atoms with Gasteiger partial charge in [-0.3, -0.25) is 4.99 Å². The molecule has 0 spiro atoms. The standard InChI is InChI=1S/C20H20F4N4O6/c1-3-7(16(27-2)19(22,23)24)14-13-8(5-17(29,30)20(33,34)18(13,31)32)12-9(6-25)11(26)4-10(21)15(12)28-14/h3-4,6,25,29-34H,5,26H2,1-2H3/b7-3+,25-6?,27-16?. The van der Waals surface area contributed by atoms with Crippen LogP contribution in [0.2, 0.25) is 0 Å². The highest BCUT2D eigenvalue weighted by molar-refractivity contribution is 6.26. The summed E-state index contributed by atoms with van der Waals surface area (Å²) in [6.07, 6.45) is -4.93. The first-order chi connectivity index (χ1) is 15.5.